The van der Waals surface area contributed by atoms with E-state index in [2.05, 4.69) is 34.6 Å². The normalized spacial score (nSPS) is 20.8. The van der Waals surface area contributed by atoms with Crippen LogP contribution in [0.25, 0.3) is 0 Å². The largest absolute Gasteiger partial charge is 0.379 e. The van der Waals surface area contributed by atoms with Gasteiger partial charge < -0.3 is 24.8 Å². The number of benzene rings is 1. The zero-order valence-electron chi connectivity index (χ0n) is 18.4. The van der Waals surface area contributed by atoms with Crippen LogP contribution in [0.4, 0.5) is 0 Å². The van der Waals surface area contributed by atoms with Gasteiger partial charge in [0.15, 0.2) is 5.96 Å². The van der Waals surface area contributed by atoms with Crippen molar-refractivity contribution in [1.29, 1.82) is 0 Å². The molecule has 176 valence electrons. The van der Waals surface area contributed by atoms with E-state index >= 15 is 0 Å². The quantitative estimate of drug-likeness (QED) is 0.196. The molecule has 0 aliphatic carbocycles. The smallest absolute Gasteiger partial charge is 0.191 e. The summed E-state index contributed by atoms with van der Waals surface area (Å²) in [6, 6.07) is 8.30. The van der Waals surface area contributed by atoms with Gasteiger partial charge in [0.2, 0.25) is 0 Å². The Hall–Kier alpha value is -0.650. The third-order valence-corrected chi connectivity index (χ3v) is 5.61. The predicted molar refractivity (Wildman–Crippen MR) is 136 cm³/mol. The van der Waals surface area contributed by atoms with Crippen LogP contribution in [0.1, 0.15) is 31.4 Å². The van der Waals surface area contributed by atoms with Crippen LogP contribution in [0.5, 0.6) is 0 Å². The molecule has 7 nitrogen and oxygen atoms in total. The molecule has 31 heavy (non-hydrogen) atoms. The minimum absolute atomic E-state index is 0. The van der Waals surface area contributed by atoms with Crippen LogP contribution >= 0.6 is 35.6 Å². The van der Waals surface area contributed by atoms with Gasteiger partial charge >= 0.3 is 0 Å². The third kappa shape index (κ3) is 9.39. The summed E-state index contributed by atoms with van der Waals surface area (Å²) >= 11 is 6.10. The van der Waals surface area contributed by atoms with Crippen LogP contribution in [-0.4, -0.2) is 82.7 Å². The lowest BCUT2D eigenvalue weighted by Gasteiger charge is -2.34. The molecule has 0 bridgehead atoms. The van der Waals surface area contributed by atoms with E-state index in [4.69, 9.17) is 30.8 Å². The van der Waals surface area contributed by atoms with Crippen molar-refractivity contribution in [3.8, 4) is 0 Å². The number of nitrogens with zero attached hydrogens (tertiary/aromatic N) is 2. The van der Waals surface area contributed by atoms with Gasteiger partial charge in [0.05, 0.1) is 38.5 Å². The number of morpholine rings is 1. The first-order chi connectivity index (χ1) is 14.8. The topological polar surface area (TPSA) is 67.4 Å². The summed E-state index contributed by atoms with van der Waals surface area (Å²) in [7, 11) is 0. The Bertz CT molecular complexity index is 638. The number of rotatable bonds is 10. The van der Waals surface area contributed by atoms with Crippen molar-refractivity contribution < 1.29 is 14.2 Å². The molecule has 3 rings (SSSR count). The minimum atomic E-state index is 0. The fourth-order valence-electron chi connectivity index (χ4n) is 3.70. The summed E-state index contributed by atoms with van der Waals surface area (Å²) < 4.78 is 16.7. The Balaban J connectivity index is 0.00000341. The second-order valence-electron chi connectivity index (χ2n) is 7.57. The lowest BCUT2D eigenvalue weighted by molar-refractivity contribution is 0.0179. The molecule has 1 aromatic carbocycles. The number of ether oxygens (including phenoxy) is 3. The molecule has 1 aromatic rings. The molecule has 2 aliphatic rings. The van der Waals surface area contributed by atoms with Crippen molar-refractivity contribution in [2.75, 3.05) is 65.8 Å². The molecule has 2 N–H and O–H groups in total. The highest BCUT2D eigenvalue weighted by Gasteiger charge is 2.22. The van der Waals surface area contributed by atoms with Gasteiger partial charge in [-0.3, -0.25) is 9.89 Å². The Morgan fingerprint density at radius 1 is 1.19 bits per heavy atom. The highest BCUT2D eigenvalue weighted by molar-refractivity contribution is 14.0. The van der Waals surface area contributed by atoms with Gasteiger partial charge in [0.25, 0.3) is 0 Å². The maximum absolute atomic E-state index is 6.10. The monoisotopic (exact) mass is 566 g/mol. The Kier molecular flexibility index (Phi) is 13.1. The molecule has 9 heteroatoms. The minimum Gasteiger partial charge on any atom is -0.379 e. The van der Waals surface area contributed by atoms with E-state index in [-0.39, 0.29) is 36.1 Å². The standard InChI is InChI=1S/C22H35ClN4O3.HI/c1-2-24-22(25-9-3-12-30-20-8-13-29-17-20)26-16-21(27-10-14-28-15-11-27)18-4-6-19(23)7-5-18;/h4-7,20-21H,2-3,8-17H2,1H3,(H2,24,25,26);1H. The summed E-state index contributed by atoms with van der Waals surface area (Å²) in [4.78, 5) is 7.32. The van der Waals surface area contributed by atoms with Gasteiger partial charge in [-0.05, 0) is 37.5 Å². The molecular weight excluding hydrogens is 531 g/mol. The molecule has 2 fully saturated rings. The highest BCUT2D eigenvalue weighted by atomic mass is 127. The fourth-order valence-corrected chi connectivity index (χ4v) is 3.82. The molecule has 0 amide bonds. The highest BCUT2D eigenvalue weighted by Crippen LogP contribution is 2.24. The van der Waals surface area contributed by atoms with Gasteiger partial charge in [0.1, 0.15) is 0 Å². The van der Waals surface area contributed by atoms with Gasteiger partial charge in [0, 0.05) is 44.4 Å². The van der Waals surface area contributed by atoms with Gasteiger partial charge in [-0.25, -0.2) is 0 Å². The summed E-state index contributed by atoms with van der Waals surface area (Å²) in [5.74, 6) is 0.842. The second-order valence-corrected chi connectivity index (χ2v) is 8.01. The first-order valence-corrected chi connectivity index (χ1v) is 11.4. The van der Waals surface area contributed by atoms with Crippen molar-refractivity contribution in [1.82, 2.24) is 15.5 Å². The van der Waals surface area contributed by atoms with Crippen molar-refractivity contribution >= 4 is 41.5 Å². The zero-order chi connectivity index (χ0) is 21.0. The lowest BCUT2D eigenvalue weighted by atomic mass is 10.0. The second kappa shape index (κ2) is 15.2. The molecule has 2 saturated heterocycles. The molecule has 2 aliphatic heterocycles. The van der Waals surface area contributed by atoms with E-state index in [1.54, 1.807) is 0 Å². The van der Waals surface area contributed by atoms with E-state index in [9.17, 15) is 0 Å². The number of aliphatic imine (C=N–C) groups is 1. The molecule has 2 unspecified atom stereocenters. The van der Waals surface area contributed by atoms with Crippen molar-refractivity contribution in [2.24, 2.45) is 4.99 Å². The maximum Gasteiger partial charge on any atom is 0.191 e. The summed E-state index contributed by atoms with van der Waals surface area (Å²) in [5.41, 5.74) is 1.23. The molecule has 2 atom stereocenters. The van der Waals surface area contributed by atoms with Crippen LogP contribution in [0.2, 0.25) is 5.02 Å². The van der Waals surface area contributed by atoms with E-state index in [1.165, 1.54) is 5.56 Å². The summed E-state index contributed by atoms with van der Waals surface area (Å²) in [5, 5.41) is 7.53. The Morgan fingerprint density at radius 2 is 1.97 bits per heavy atom. The molecule has 2 heterocycles. The predicted octanol–water partition coefficient (Wildman–Crippen LogP) is 3.08. The van der Waals surface area contributed by atoms with Gasteiger partial charge in [-0.15, -0.1) is 24.0 Å². The van der Waals surface area contributed by atoms with Crippen molar-refractivity contribution in [2.45, 2.75) is 31.9 Å². The third-order valence-electron chi connectivity index (χ3n) is 5.36. The first kappa shape index (κ1) is 26.6. The fraction of sp³-hybridized carbons (Fsp3) is 0.682. The molecule has 0 radical (unpaired) electrons. The lowest BCUT2D eigenvalue weighted by Crippen LogP contribution is -2.42. The number of halogens is 2. The maximum atomic E-state index is 6.10. The number of hydrogen-bond donors (Lipinski definition) is 2. The average Bonchev–Trinajstić information content (AvgIpc) is 3.29. The molecular formula is C22H36ClIN4O3. The number of nitrogens with one attached hydrogen (secondary N) is 2. The Morgan fingerprint density at radius 3 is 2.65 bits per heavy atom. The van der Waals surface area contributed by atoms with Crippen molar-refractivity contribution in [3.63, 3.8) is 0 Å². The van der Waals surface area contributed by atoms with E-state index in [0.29, 0.717) is 6.54 Å². The van der Waals surface area contributed by atoms with Crippen LogP contribution < -0.4 is 10.6 Å². The summed E-state index contributed by atoms with van der Waals surface area (Å²) in [6.07, 6.45) is 2.21. The molecule has 0 spiro atoms. The van der Waals surface area contributed by atoms with E-state index in [0.717, 1.165) is 83.0 Å². The van der Waals surface area contributed by atoms with Crippen LogP contribution in [-0.2, 0) is 14.2 Å². The van der Waals surface area contributed by atoms with Gasteiger partial charge in [-0.2, -0.15) is 0 Å². The first-order valence-electron chi connectivity index (χ1n) is 11.0. The van der Waals surface area contributed by atoms with E-state index < -0.39 is 0 Å². The number of guanidine groups is 1. The van der Waals surface area contributed by atoms with E-state index in [1.807, 2.05) is 12.1 Å². The Labute approximate surface area is 208 Å². The molecule has 0 saturated carbocycles. The summed E-state index contributed by atoms with van der Waals surface area (Å²) in [6.45, 7) is 10.0. The molecule has 0 aromatic heterocycles. The number of hydrogen-bond acceptors (Lipinski definition) is 5. The van der Waals surface area contributed by atoms with Gasteiger partial charge in [-0.1, -0.05) is 23.7 Å². The van der Waals surface area contributed by atoms with Crippen LogP contribution in [0.3, 0.4) is 0 Å². The van der Waals surface area contributed by atoms with Crippen LogP contribution in [0, 0.1) is 0 Å². The SMILES string of the molecule is CCNC(=NCC(c1ccc(Cl)cc1)N1CCOCC1)NCCCOC1CCOC1.I. The zero-order valence-corrected chi connectivity index (χ0v) is 21.4. The van der Waals surface area contributed by atoms with Crippen LogP contribution in [0.15, 0.2) is 29.3 Å². The average molecular weight is 567 g/mol. The van der Waals surface area contributed by atoms with Crippen molar-refractivity contribution in [3.05, 3.63) is 34.9 Å².